The first-order valence-electron chi connectivity index (χ1n) is 8.41. The van der Waals surface area contributed by atoms with Crippen molar-refractivity contribution in [2.24, 2.45) is 0 Å². The molecule has 26 heavy (non-hydrogen) atoms. The van der Waals surface area contributed by atoms with Crippen molar-refractivity contribution in [1.82, 2.24) is 4.90 Å². The summed E-state index contributed by atoms with van der Waals surface area (Å²) in [7, 11) is -1.55. The number of hydrogen-bond acceptors (Lipinski definition) is 6. The number of esters is 1. The number of ether oxygens (including phenoxy) is 2. The molecule has 1 atom stereocenters. The maximum atomic E-state index is 12.1. The summed E-state index contributed by atoms with van der Waals surface area (Å²) in [4.78, 5) is 25.3. The molecule has 0 unspecified atom stereocenters. The fraction of sp³-hybridized carbons (Fsp3) is 0.556. The lowest BCUT2D eigenvalue weighted by atomic mass is 10.1. The highest BCUT2D eigenvalue weighted by atomic mass is 32.2. The monoisotopic (exact) mass is 383 g/mol. The van der Waals surface area contributed by atoms with Gasteiger partial charge in [0.1, 0.15) is 5.75 Å². The van der Waals surface area contributed by atoms with Crippen LogP contribution in [0, 0.1) is 20.8 Å². The molecule has 0 saturated carbocycles. The van der Waals surface area contributed by atoms with E-state index in [1.807, 2.05) is 32.9 Å². The van der Waals surface area contributed by atoms with Gasteiger partial charge in [0.15, 0.2) is 23.1 Å². The molecule has 0 aliphatic carbocycles. The van der Waals surface area contributed by atoms with Gasteiger partial charge in [-0.1, -0.05) is 17.7 Å². The van der Waals surface area contributed by atoms with Crippen LogP contribution in [0.15, 0.2) is 12.1 Å². The minimum atomic E-state index is -3.08. The van der Waals surface area contributed by atoms with E-state index in [2.05, 4.69) is 0 Å². The van der Waals surface area contributed by atoms with Crippen molar-refractivity contribution >= 4 is 21.7 Å². The van der Waals surface area contributed by atoms with Crippen molar-refractivity contribution in [3.8, 4) is 5.75 Å². The zero-order valence-corrected chi connectivity index (χ0v) is 16.4. The highest BCUT2D eigenvalue weighted by Gasteiger charge is 2.32. The Bertz CT molecular complexity index is 779. The third-order valence-corrected chi connectivity index (χ3v) is 6.20. The second-order valence-electron chi connectivity index (χ2n) is 6.74. The summed E-state index contributed by atoms with van der Waals surface area (Å²) in [5, 5.41) is 0. The van der Waals surface area contributed by atoms with Crippen LogP contribution in [-0.2, 0) is 24.2 Å². The lowest BCUT2D eigenvalue weighted by Gasteiger charge is -2.23. The Balaban J connectivity index is 1.81. The van der Waals surface area contributed by atoms with Crippen LogP contribution in [-0.4, -0.2) is 63.0 Å². The molecular formula is C18H25NO6S. The van der Waals surface area contributed by atoms with Crippen molar-refractivity contribution in [3.05, 3.63) is 28.8 Å². The Morgan fingerprint density at radius 3 is 2.31 bits per heavy atom. The van der Waals surface area contributed by atoms with Crippen LogP contribution in [0.2, 0.25) is 0 Å². The van der Waals surface area contributed by atoms with E-state index in [1.54, 1.807) is 0 Å². The normalized spacial score (nSPS) is 18.4. The number of carbonyl (C=O) groups is 2. The molecule has 2 rings (SSSR count). The molecule has 0 N–H and O–H groups in total. The number of rotatable bonds is 6. The number of aryl methyl sites for hydroxylation is 3. The van der Waals surface area contributed by atoms with E-state index in [0.717, 1.165) is 16.7 Å². The number of hydrogen-bond donors (Lipinski definition) is 0. The molecule has 1 aliphatic rings. The zero-order chi connectivity index (χ0) is 19.5. The van der Waals surface area contributed by atoms with Gasteiger partial charge < -0.3 is 14.4 Å². The number of sulfone groups is 1. The quantitative estimate of drug-likeness (QED) is 0.685. The Kier molecular flexibility index (Phi) is 6.28. The van der Waals surface area contributed by atoms with Crippen LogP contribution in [0.25, 0.3) is 0 Å². The van der Waals surface area contributed by atoms with Crippen LogP contribution in [0.1, 0.15) is 23.1 Å². The van der Waals surface area contributed by atoms with Crippen molar-refractivity contribution in [1.29, 1.82) is 0 Å². The maximum absolute atomic E-state index is 12.1. The highest BCUT2D eigenvalue weighted by Crippen LogP contribution is 2.24. The van der Waals surface area contributed by atoms with Crippen molar-refractivity contribution < 1.29 is 27.5 Å². The molecule has 1 heterocycles. The van der Waals surface area contributed by atoms with E-state index in [0.29, 0.717) is 12.2 Å². The molecule has 0 aromatic heterocycles. The Morgan fingerprint density at radius 1 is 1.15 bits per heavy atom. The third-order valence-electron chi connectivity index (χ3n) is 4.45. The smallest absolute Gasteiger partial charge is 0.344 e. The number of carbonyl (C=O) groups excluding carboxylic acids is 2. The standard InChI is InChI=1S/C18H25NO6S/c1-12-7-13(2)18(14(3)8-12)25-10-17(21)24-9-16(20)19(4)15-5-6-26(22,23)11-15/h7-8,15H,5-6,9-11H2,1-4H3/t15-/m0/s1. The third kappa shape index (κ3) is 5.20. The van der Waals surface area contributed by atoms with E-state index in [1.165, 1.54) is 11.9 Å². The minimum absolute atomic E-state index is 0.0434. The van der Waals surface area contributed by atoms with Crippen LogP contribution < -0.4 is 4.74 Å². The van der Waals surface area contributed by atoms with Crippen molar-refractivity contribution in [2.45, 2.75) is 33.2 Å². The molecule has 1 aromatic rings. The molecule has 144 valence electrons. The summed E-state index contributed by atoms with van der Waals surface area (Å²) in [6, 6.07) is 3.56. The second kappa shape index (κ2) is 8.07. The lowest BCUT2D eigenvalue weighted by molar-refractivity contribution is -0.153. The number of nitrogens with zero attached hydrogens (tertiary/aromatic N) is 1. The Hall–Kier alpha value is -2.09. The summed E-state index contributed by atoms with van der Waals surface area (Å²) in [5.74, 6) is -0.406. The molecule has 0 radical (unpaired) electrons. The van der Waals surface area contributed by atoms with Crippen LogP contribution in [0.4, 0.5) is 0 Å². The molecule has 1 aromatic carbocycles. The summed E-state index contributed by atoms with van der Waals surface area (Å²) < 4.78 is 33.5. The molecular weight excluding hydrogens is 358 g/mol. The van der Waals surface area contributed by atoms with Gasteiger partial charge in [0, 0.05) is 13.1 Å². The highest BCUT2D eigenvalue weighted by molar-refractivity contribution is 7.91. The maximum Gasteiger partial charge on any atom is 0.344 e. The van der Waals surface area contributed by atoms with E-state index in [-0.39, 0.29) is 24.2 Å². The molecule has 1 amide bonds. The van der Waals surface area contributed by atoms with Crippen LogP contribution >= 0.6 is 0 Å². The second-order valence-corrected chi connectivity index (χ2v) is 8.97. The van der Waals surface area contributed by atoms with Gasteiger partial charge in [0.2, 0.25) is 0 Å². The average Bonchev–Trinajstić information content (AvgIpc) is 2.90. The van der Waals surface area contributed by atoms with Crippen molar-refractivity contribution in [3.63, 3.8) is 0 Å². The number of amides is 1. The summed E-state index contributed by atoms with van der Waals surface area (Å²) in [6.45, 7) is 5.06. The van der Waals surface area contributed by atoms with E-state index in [4.69, 9.17) is 9.47 Å². The molecule has 1 fully saturated rings. The fourth-order valence-electron chi connectivity index (χ4n) is 3.10. The van der Waals surface area contributed by atoms with E-state index >= 15 is 0 Å². The fourth-order valence-corrected chi connectivity index (χ4v) is 4.87. The predicted molar refractivity (Wildman–Crippen MR) is 96.9 cm³/mol. The average molecular weight is 383 g/mol. The van der Waals surface area contributed by atoms with E-state index in [9.17, 15) is 18.0 Å². The van der Waals surface area contributed by atoms with Crippen LogP contribution in [0.5, 0.6) is 5.75 Å². The summed E-state index contributed by atoms with van der Waals surface area (Å²) in [6.07, 6.45) is 0.410. The largest absolute Gasteiger partial charge is 0.481 e. The van der Waals surface area contributed by atoms with Gasteiger partial charge in [0.05, 0.1) is 11.5 Å². The molecule has 8 heteroatoms. The van der Waals surface area contributed by atoms with Gasteiger partial charge in [-0.15, -0.1) is 0 Å². The predicted octanol–water partition coefficient (Wildman–Crippen LogP) is 1.18. The minimum Gasteiger partial charge on any atom is -0.481 e. The number of benzene rings is 1. The Labute approximate surface area is 154 Å². The number of likely N-dealkylation sites (N-methyl/N-ethyl adjacent to an activating group) is 1. The first-order valence-corrected chi connectivity index (χ1v) is 10.2. The van der Waals surface area contributed by atoms with Gasteiger partial charge in [-0.2, -0.15) is 0 Å². The first kappa shape index (κ1) is 20.2. The molecule has 7 nitrogen and oxygen atoms in total. The molecule has 0 bridgehead atoms. The van der Waals surface area contributed by atoms with E-state index < -0.39 is 28.3 Å². The zero-order valence-electron chi connectivity index (χ0n) is 15.6. The lowest BCUT2D eigenvalue weighted by Crippen LogP contribution is -2.40. The van der Waals surface area contributed by atoms with Crippen LogP contribution in [0.3, 0.4) is 0 Å². The Morgan fingerprint density at radius 2 is 1.77 bits per heavy atom. The van der Waals surface area contributed by atoms with Gasteiger partial charge in [-0.05, 0) is 38.3 Å². The molecule has 1 saturated heterocycles. The van der Waals surface area contributed by atoms with Gasteiger partial charge in [-0.25, -0.2) is 13.2 Å². The SMILES string of the molecule is Cc1cc(C)c(OCC(=O)OCC(=O)N(C)[C@H]2CCS(=O)(=O)C2)c(C)c1. The summed E-state index contributed by atoms with van der Waals surface area (Å²) in [5.41, 5.74) is 2.96. The summed E-state index contributed by atoms with van der Waals surface area (Å²) >= 11 is 0. The van der Waals surface area contributed by atoms with Crippen molar-refractivity contribution in [2.75, 3.05) is 31.8 Å². The van der Waals surface area contributed by atoms with Gasteiger partial charge in [-0.3, -0.25) is 4.79 Å². The molecule has 1 aliphatic heterocycles. The molecule has 0 spiro atoms. The van der Waals surface area contributed by atoms with Gasteiger partial charge in [0.25, 0.3) is 5.91 Å². The first-order chi connectivity index (χ1) is 12.1. The topological polar surface area (TPSA) is 90.0 Å². The van der Waals surface area contributed by atoms with Gasteiger partial charge >= 0.3 is 5.97 Å².